The van der Waals surface area contributed by atoms with Crippen LogP contribution in [0.5, 0.6) is 5.88 Å². The molecule has 2 rings (SSSR count). The van der Waals surface area contributed by atoms with Crippen molar-refractivity contribution in [1.82, 2.24) is 9.29 Å². The molecule has 0 aliphatic carbocycles. The molecule has 1 aromatic heterocycles. The van der Waals surface area contributed by atoms with E-state index in [1.165, 1.54) is 14.1 Å². The van der Waals surface area contributed by atoms with Crippen molar-refractivity contribution in [3.8, 4) is 5.88 Å². The van der Waals surface area contributed by atoms with Crippen molar-refractivity contribution in [2.75, 3.05) is 14.1 Å². The fourth-order valence-electron chi connectivity index (χ4n) is 1.55. The van der Waals surface area contributed by atoms with Crippen molar-refractivity contribution in [3.63, 3.8) is 0 Å². The Morgan fingerprint density at radius 1 is 1.25 bits per heavy atom. The number of hydrogen-bond donors (Lipinski definition) is 2. The molecule has 0 unspecified atom stereocenters. The molecule has 5 nitrogen and oxygen atoms in total. The molecular weight excluding hydrogens is 228 g/mol. The monoisotopic (exact) mass is 240 g/mol. The van der Waals surface area contributed by atoms with Crippen LogP contribution in [0.25, 0.3) is 10.9 Å². The molecule has 6 heteroatoms. The SMILES string of the molecule is CN(C)S(=O)(=O)c1c(O)[nH]c2ccccc12. The van der Waals surface area contributed by atoms with Crippen LogP contribution in [0.4, 0.5) is 0 Å². The molecule has 0 bridgehead atoms. The first-order valence-corrected chi connectivity index (χ1v) is 6.11. The number of para-hydroxylation sites is 1. The third-order valence-corrected chi connectivity index (χ3v) is 4.27. The summed E-state index contributed by atoms with van der Waals surface area (Å²) in [6.45, 7) is 0. The third kappa shape index (κ3) is 1.46. The Morgan fingerprint density at radius 2 is 1.88 bits per heavy atom. The van der Waals surface area contributed by atoms with E-state index in [9.17, 15) is 13.5 Å². The van der Waals surface area contributed by atoms with Gasteiger partial charge < -0.3 is 10.1 Å². The van der Waals surface area contributed by atoms with E-state index in [4.69, 9.17) is 0 Å². The molecule has 2 aromatic rings. The largest absolute Gasteiger partial charge is 0.494 e. The first-order chi connectivity index (χ1) is 7.44. The van der Waals surface area contributed by atoms with Crippen LogP contribution in [0.3, 0.4) is 0 Å². The molecule has 0 atom stereocenters. The zero-order chi connectivity index (χ0) is 11.9. The molecule has 0 spiro atoms. The van der Waals surface area contributed by atoms with Crippen molar-refractivity contribution >= 4 is 20.9 Å². The van der Waals surface area contributed by atoms with Crippen molar-refractivity contribution < 1.29 is 13.5 Å². The van der Waals surface area contributed by atoms with Crippen LogP contribution in [0.15, 0.2) is 29.2 Å². The lowest BCUT2D eigenvalue weighted by Gasteiger charge is -2.10. The van der Waals surface area contributed by atoms with Gasteiger partial charge in [-0.15, -0.1) is 0 Å². The summed E-state index contributed by atoms with van der Waals surface area (Å²) in [5.41, 5.74) is 0.598. The van der Waals surface area contributed by atoms with Crippen LogP contribution in [-0.4, -0.2) is 36.9 Å². The molecule has 0 radical (unpaired) electrons. The standard InChI is InChI=1S/C10H12N2O3S/c1-12(2)16(14,15)9-7-5-3-4-6-8(7)11-10(9)13/h3-6,11,13H,1-2H3. The van der Waals surface area contributed by atoms with E-state index in [0.29, 0.717) is 10.9 Å². The maximum Gasteiger partial charge on any atom is 0.248 e. The van der Waals surface area contributed by atoms with Crippen LogP contribution in [-0.2, 0) is 10.0 Å². The lowest BCUT2D eigenvalue weighted by molar-refractivity contribution is 0.439. The summed E-state index contributed by atoms with van der Waals surface area (Å²) in [4.78, 5) is 2.56. The molecule has 0 saturated heterocycles. The van der Waals surface area contributed by atoms with Crippen LogP contribution < -0.4 is 0 Å². The summed E-state index contributed by atoms with van der Waals surface area (Å²) < 4.78 is 25.0. The highest BCUT2D eigenvalue weighted by atomic mass is 32.2. The number of sulfonamides is 1. The van der Waals surface area contributed by atoms with E-state index in [1.54, 1.807) is 24.3 Å². The smallest absolute Gasteiger partial charge is 0.248 e. The van der Waals surface area contributed by atoms with Gasteiger partial charge in [-0.1, -0.05) is 18.2 Å². The first-order valence-electron chi connectivity index (χ1n) is 4.67. The zero-order valence-electron chi connectivity index (χ0n) is 8.93. The Morgan fingerprint density at radius 3 is 2.50 bits per heavy atom. The van der Waals surface area contributed by atoms with E-state index in [2.05, 4.69) is 4.98 Å². The number of rotatable bonds is 2. The summed E-state index contributed by atoms with van der Waals surface area (Å²) in [6, 6.07) is 6.86. The van der Waals surface area contributed by atoms with Gasteiger partial charge in [0.2, 0.25) is 15.9 Å². The van der Waals surface area contributed by atoms with E-state index in [1.807, 2.05) is 0 Å². The summed E-state index contributed by atoms with van der Waals surface area (Å²) in [5, 5.41) is 10.2. The van der Waals surface area contributed by atoms with Gasteiger partial charge in [-0.05, 0) is 6.07 Å². The fourth-order valence-corrected chi connectivity index (χ4v) is 2.66. The molecule has 1 aromatic carbocycles. The molecular formula is C10H12N2O3S. The number of hydrogen-bond acceptors (Lipinski definition) is 3. The van der Waals surface area contributed by atoms with Gasteiger partial charge in [-0.25, -0.2) is 12.7 Å². The van der Waals surface area contributed by atoms with E-state index >= 15 is 0 Å². The van der Waals surface area contributed by atoms with Gasteiger partial charge in [0.1, 0.15) is 0 Å². The Labute approximate surface area is 93.4 Å². The molecule has 2 N–H and O–H groups in total. The predicted octanol–water partition coefficient (Wildman–Crippen LogP) is 1.12. The van der Waals surface area contributed by atoms with Crippen molar-refractivity contribution in [3.05, 3.63) is 24.3 Å². The summed E-state index contributed by atoms with van der Waals surface area (Å²) >= 11 is 0. The number of aromatic hydroxyl groups is 1. The van der Waals surface area contributed by atoms with E-state index in [0.717, 1.165) is 4.31 Å². The Hall–Kier alpha value is -1.53. The highest BCUT2D eigenvalue weighted by molar-refractivity contribution is 7.89. The maximum absolute atomic E-state index is 12.0. The molecule has 16 heavy (non-hydrogen) atoms. The van der Waals surface area contributed by atoms with Gasteiger partial charge in [0.25, 0.3) is 0 Å². The molecule has 0 aliphatic heterocycles. The normalized spacial score (nSPS) is 12.4. The number of H-pyrrole nitrogens is 1. The zero-order valence-corrected chi connectivity index (χ0v) is 9.75. The van der Waals surface area contributed by atoms with Gasteiger partial charge in [0.15, 0.2) is 4.90 Å². The molecule has 86 valence electrons. The fraction of sp³-hybridized carbons (Fsp3) is 0.200. The molecule has 0 saturated carbocycles. The van der Waals surface area contributed by atoms with Gasteiger partial charge >= 0.3 is 0 Å². The summed E-state index contributed by atoms with van der Waals surface area (Å²) in [7, 11) is -0.784. The van der Waals surface area contributed by atoms with E-state index < -0.39 is 10.0 Å². The summed E-state index contributed by atoms with van der Waals surface area (Å²) in [5.74, 6) is -0.324. The van der Waals surface area contributed by atoms with Crippen molar-refractivity contribution in [2.45, 2.75) is 4.90 Å². The Kier molecular flexibility index (Phi) is 2.40. The molecule has 1 heterocycles. The van der Waals surface area contributed by atoms with Gasteiger partial charge in [-0.2, -0.15) is 0 Å². The summed E-state index contributed by atoms with van der Waals surface area (Å²) in [6.07, 6.45) is 0. The second-order valence-corrected chi connectivity index (χ2v) is 5.72. The third-order valence-electron chi connectivity index (χ3n) is 2.38. The van der Waals surface area contributed by atoms with E-state index in [-0.39, 0.29) is 10.8 Å². The van der Waals surface area contributed by atoms with Gasteiger partial charge in [0, 0.05) is 25.0 Å². The number of fused-ring (bicyclic) bond motifs is 1. The average molecular weight is 240 g/mol. The highest BCUT2D eigenvalue weighted by Gasteiger charge is 2.26. The average Bonchev–Trinajstić information content (AvgIpc) is 2.53. The second-order valence-electron chi connectivity index (χ2n) is 3.64. The van der Waals surface area contributed by atoms with Crippen LogP contribution >= 0.6 is 0 Å². The van der Waals surface area contributed by atoms with Crippen molar-refractivity contribution in [2.24, 2.45) is 0 Å². The van der Waals surface area contributed by atoms with Crippen LogP contribution in [0.2, 0.25) is 0 Å². The number of aromatic nitrogens is 1. The number of benzene rings is 1. The van der Waals surface area contributed by atoms with Gasteiger partial charge in [-0.3, -0.25) is 0 Å². The Bertz CT molecular complexity index is 629. The maximum atomic E-state index is 12.0. The highest BCUT2D eigenvalue weighted by Crippen LogP contribution is 2.32. The predicted molar refractivity (Wildman–Crippen MR) is 60.8 cm³/mol. The minimum Gasteiger partial charge on any atom is -0.494 e. The van der Waals surface area contributed by atoms with Crippen LogP contribution in [0.1, 0.15) is 0 Å². The first kappa shape index (κ1) is 11.0. The quantitative estimate of drug-likeness (QED) is 0.826. The van der Waals surface area contributed by atoms with Crippen molar-refractivity contribution in [1.29, 1.82) is 0 Å². The van der Waals surface area contributed by atoms with Gasteiger partial charge in [0.05, 0.1) is 0 Å². The number of aromatic amines is 1. The second kappa shape index (κ2) is 3.50. The minimum atomic E-state index is -3.64. The number of nitrogens with one attached hydrogen (secondary N) is 1. The lowest BCUT2D eigenvalue weighted by Crippen LogP contribution is -2.22. The molecule has 0 aliphatic rings. The van der Waals surface area contributed by atoms with Crippen LogP contribution in [0, 0.1) is 0 Å². The Balaban J connectivity index is 2.84. The molecule has 0 amide bonds. The molecule has 0 fully saturated rings. The lowest BCUT2D eigenvalue weighted by atomic mass is 10.2. The number of nitrogens with zero attached hydrogens (tertiary/aromatic N) is 1. The minimum absolute atomic E-state index is 0.0758. The topological polar surface area (TPSA) is 73.4 Å².